The lowest BCUT2D eigenvalue weighted by molar-refractivity contribution is 0.0724. The molecule has 10 aromatic rings. The molecule has 0 aromatic heterocycles. The van der Waals surface area contributed by atoms with E-state index >= 15 is 0 Å². The molecular formula is C100H115F10O10S5. The van der Waals surface area contributed by atoms with Crippen molar-refractivity contribution in [3.05, 3.63) is 297 Å². The Kier molecular flexibility index (Phi) is 58.4. The minimum atomic E-state index is -0.561. The van der Waals surface area contributed by atoms with Gasteiger partial charge < -0.3 is 23.7 Å². The number of aryl methyl sites for hydroxylation is 5. The lowest BCUT2D eigenvalue weighted by Gasteiger charge is -2.06. The summed E-state index contributed by atoms with van der Waals surface area (Å²) in [6.07, 6.45) is 36.2. The molecule has 0 saturated carbocycles. The molecule has 0 spiro atoms. The highest BCUT2D eigenvalue weighted by Gasteiger charge is 2.17. The predicted molar refractivity (Wildman–Crippen MR) is 493 cm³/mol. The zero-order chi connectivity index (χ0) is 86.8. The Morgan fingerprint density at radius 2 is 0.344 bits per heavy atom. The highest BCUT2D eigenvalue weighted by molar-refractivity contribution is 7.81. The Morgan fingerprint density at radius 1 is 0.208 bits per heavy atom. The van der Waals surface area contributed by atoms with Crippen LogP contribution in [0.1, 0.15) is 275 Å². The molecule has 5 radical (unpaired) electrons. The van der Waals surface area contributed by atoms with Crippen LogP contribution >= 0.6 is 63.1 Å². The van der Waals surface area contributed by atoms with E-state index in [1.165, 1.54) is 217 Å². The third kappa shape index (κ3) is 44.1. The fraction of sp³-hybridized carbons (Fsp3) is 0.350. The van der Waals surface area contributed by atoms with Gasteiger partial charge in [-0.3, -0.25) is 23.5 Å². The Morgan fingerprint density at radius 3 is 0.472 bits per heavy atom. The van der Waals surface area contributed by atoms with E-state index in [0.29, 0.717) is 27.8 Å². The molecule has 0 unspecified atom stereocenters. The number of rotatable bonds is 40. The van der Waals surface area contributed by atoms with Crippen LogP contribution in [-0.2, 0) is 32.1 Å². The van der Waals surface area contributed by atoms with Gasteiger partial charge in [-0.15, -0.1) is 0 Å². The maximum Gasteiger partial charge on any atom is 0.343 e. The van der Waals surface area contributed by atoms with Crippen molar-refractivity contribution >= 4 is 93.0 Å². The van der Waals surface area contributed by atoms with Crippen molar-refractivity contribution in [2.45, 2.75) is 252 Å². The molecule has 10 rings (SSSR count). The lowest BCUT2D eigenvalue weighted by Crippen LogP contribution is -2.08. The van der Waals surface area contributed by atoms with Crippen LogP contribution in [-0.4, -0.2) is 29.8 Å². The van der Waals surface area contributed by atoms with E-state index in [1.807, 2.05) is 60.7 Å². The number of hydrogen-bond acceptors (Lipinski definition) is 10. The summed E-state index contributed by atoms with van der Waals surface area (Å²) in [7, 11) is 0. The number of carbonyl (C=O) groups excluding carboxylic acids is 5. The van der Waals surface area contributed by atoms with Crippen molar-refractivity contribution in [1.29, 1.82) is 0 Å². The van der Waals surface area contributed by atoms with Gasteiger partial charge in [-0.25, -0.2) is 45.9 Å². The van der Waals surface area contributed by atoms with E-state index in [9.17, 15) is 45.9 Å². The van der Waals surface area contributed by atoms with E-state index in [1.54, 1.807) is 60.7 Å². The standard InChI is InChI=1S/5C20H22FO2S.5FH/c5*1-2-3-4-5-6-7-15-8-10-16(11-9-15)20(22)23-17-12-13-19(24)18(21)14-17;;;;;/h5*8-14H,2-7H2,1H3;5*1H. The van der Waals surface area contributed by atoms with Crippen LogP contribution in [0.25, 0.3) is 0 Å². The first-order valence-corrected chi connectivity index (χ1v) is 43.9. The van der Waals surface area contributed by atoms with Gasteiger partial charge in [0, 0.05) is 30.3 Å². The summed E-state index contributed by atoms with van der Waals surface area (Å²) in [4.78, 5) is 61.0. The zero-order valence-corrected chi connectivity index (χ0v) is 75.6. The van der Waals surface area contributed by atoms with Gasteiger partial charge in [0.05, 0.1) is 52.3 Å². The number of esters is 5. The molecule has 125 heavy (non-hydrogen) atoms. The average molecular weight is 1830 g/mol. The first-order valence-electron chi connectivity index (χ1n) is 41.9. The molecule has 0 bridgehead atoms. The second-order valence-electron chi connectivity index (χ2n) is 29.2. The van der Waals surface area contributed by atoms with Crippen LogP contribution in [0, 0.1) is 29.1 Å². The van der Waals surface area contributed by atoms with Gasteiger partial charge in [0.1, 0.15) is 57.8 Å². The Balaban J connectivity index is 0.000000774. The molecule has 0 amide bonds. The van der Waals surface area contributed by atoms with Crippen molar-refractivity contribution < 1.29 is 93.1 Å². The third-order valence-corrected chi connectivity index (χ3v) is 21.0. The number of unbranched alkanes of at least 4 members (excludes halogenated alkanes) is 20. The summed E-state index contributed by atoms with van der Waals surface area (Å²) in [5.74, 6) is -4.51. The highest BCUT2D eigenvalue weighted by Crippen LogP contribution is 2.28. The Bertz CT molecular complexity index is 4050. The Labute approximate surface area is 758 Å². The van der Waals surface area contributed by atoms with E-state index in [-0.39, 0.29) is 76.7 Å². The molecule has 675 valence electrons. The molecule has 0 atom stereocenters. The summed E-state index contributed by atoms with van der Waals surface area (Å²) < 4.78 is 92.8. The summed E-state index contributed by atoms with van der Waals surface area (Å²) in [6, 6.07) is 57.2. The largest absolute Gasteiger partial charge is 0.423 e. The SMILES string of the molecule is CCCCCCCc1ccc(C(=O)Oc2ccc([S])c(F)c2)cc1.CCCCCCCc1ccc(C(=O)Oc2ccc([S])c(F)c2)cc1.CCCCCCCc1ccc(C(=O)Oc2ccc([S])c(F)c2)cc1.CCCCCCCc1ccc(C(=O)Oc2ccc([S])c(F)c2)cc1.CCCCCCCc1ccc(C(=O)Oc2ccc([S])c(F)c2)cc1.F.F.F.F.F. The van der Waals surface area contributed by atoms with Crippen LogP contribution in [0.5, 0.6) is 28.7 Å². The number of ether oxygens (including phenoxy) is 5. The molecule has 10 nitrogen and oxygen atoms in total. The molecule has 0 aliphatic carbocycles. The molecular weight excluding hydrogens is 1710 g/mol. The summed E-state index contributed by atoms with van der Waals surface area (Å²) in [6.45, 7) is 11.0. The second kappa shape index (κ2) is 64.7. The average Bonchev–Trinajstić information content (AvgIpc) is 0.872. The smallest absolute Gasteiger partial charge is 0.343 e. The molecule has 0 heterocycles. The minimum Gasteiger partial charge on any atom is -0.423 e. The first kappa shape index (κ1) is 113. The number of carbonyl (C=O) groups is 5. The van der Waals surface area contributed by atoms with Crippen molar-refractivity contribution in [2.75, 3.05) is 0 Å². The monoisotopic (exact) mass is 1830 g/mol. The van der Waals surface area contributed by atoms with Gasteiger partial charge in [-0.1, -0.05) is 287 Å². The first-order chi connectivity index (χ1) is 58.0. The van der Waals surface area contributed by atoms with Gasteiger partial charge in [0.2, 0.25) is 0 Å². The fourth-order valence-corrected chi connectivity index (χ4v) is 12.9. The predicted octanol–water partition coefficient (Wildman–Crippen LogP) is 31.3. The summed E-state index contributed by atoms with van der Waals surface area (Å²) in [5, 5.41) is 0. The van der Waals surface area contributed by atoms with Crippen molar-refractivity contribution in [1.82, 2.24) is 0 Å². The van der Waals surface area contributed by atoms with Crippen molar-refractivity contribution in [2.24, 2.45) is 0 Å². The van der Waals surface area contributed by atoms with Crippen LogP contribution in [0.4, 0.5) is 45.5 Å². The molecule has 0 aliphatic heterocycles. The summed E-state index contributed by atoms with van der Waals surface area (Å²) in [5.41, 5.74) is 8.32. The van der Waals surface area contributed by atoms with E-state index in [0.717, 1.165) is 94.5 Å². The van der Waals surface area contributed by atoms with Gasteiger partial charge in [-0.05, 0) is 213 Å². The molecule has 0 N–H and O–H groups in total. The van der Waals surface area contributed by atoms with Crippen molar-refractivity contribution in [3.63, 3.8) is 0 Å². The molecule has 10 aromatic carbocycles. The normalized spacial score (nSPS) is 10.2. The Hall–Kier alpha value is -10.1. The van der Waals surface area contributed by atoms with Crippen LogP contribution < -0.4 is 23.7 Å². The quantitative estimate of drug-likeness (QED) is 0.0158. The third-order valence-electron chi connectivity index (χ3n) is 19.4. The van der Waals surface area contributed by atoms with E-state index < -0.39 is 58.9 Å². The highest BCUT2D eigenvalue weighted by atomic mass is 32.1. The zero-order valence-electron chi connectivity index (χ0n) is 71.5. The van der Waals surface area contributed by atoms with E-state index in [4.69, 9.17) is 86.8 Å². The molecule has 25 heteroatoms. The maximum absolute atomic E-state index is 13.4. The van der Waals surface area contributed by atoms with Gasteiger partial charge in [0.25, 0.3) is 0 Å². The van der Waals surface area contributed by atoms with Gasteiger partial charge >= 0.3 is 29.8 Å². The van der Waals surface area contributed by atoms with Crippen LogP contribution in [0.15, 0.2) is 237 Å². The van der Waals surface area contributed by atoms with Gasteiger partial charge in [0.15, 0.2) is 0 Å². The molecule has 0 fully saturated rings. The van der Waals surface area contributed by atoms with Crippen molar-refractivity contribution in [3.8, 4) is 28.7 Å². The molecule has 0 aliphatic rings. The van der Waals surface area contributed by atoms with Crippen LogP contribution in [0.2, 0.25) is 0 Å². The van der Waals surface area contributed by atoms with E-state index in [2.05, 4.69) is 34.6 Å². The maximum atomic E-state index is 13.4. The second-order valence-corrected chi connectivity index (χ2v) is 31.4. The van der Waals surface area contributed by atoms with Crippen LogP contribution in [0.3, 0.4) is 0 Å². The molecule has 0 saturated heterocycles. The minimum absolute atomic E-state index is 0. The topological polar surface area (TPSA) is 132 Å². The summed E-state index contributed by atoms with van der Waals surface area (Å²) >= 11 is 23.9. The fourth-order valence-electron chi connectivity index (χ4n) is 12.3. The number of benzene rings is 10. The van der Waals surface area contributed by atoms with Gasteiger partial charge in [-0.2, -0.15) is 0 Å². The number of hydrogen-bond donors (Lipinski definition) is 0. The number of halogens is 10. The lowest BCUT2D eigenvalue weighted by atomic mass is 10.0.